The highest BCUT2D eigenvalue weighted by Gasteiger charge is 2.36. The Morgan fingerprint density at radius 3 is 1.42 bits per heavy atom. The van der Waals surface area contributed by atoms with Gasteiger partial charge in [-0.05, 0) is 0 Å². The average molecular weight is 269 g/mol. The Balaban J connectivity index is 3.81. The van der Waals surface area contributed by atoms with Crippen LogP contribution in [-0.4, -0.2) is 14.8 Å². The number of nitrogens with zero attached hydrogens (tertiary/aromatic N) is 3. The average Bonchev–Trinajstić information content (AvgIpc) is 2.25. The van der Waals surface area contributed by atoms with Gasteiger partial charge in [0, 0.05) is 5.41 Å². The Morgan fingerprint density at radius 2 is 1.21 bits per heavy atom. The van der Waals surface area contributed by atoms with Gasteiger partial charge in [-0.3, -0.25) is 30.3 Å². The van der Waals surface area contributed by atoms with Crippen LogP contribution in [0.5, 0.6) is 0 Å². The van der Waals surface area contributed by atoms with Crippen LogP contribution >= 0.6 is 0 Å². The van der Waals surface area contributed by atoms with E-state index in [0.717, 1.165) is 12.1 Å². The summed E-state index contributed by atoms with van der Waals surface area (Å²) < 4.78 is 0. The zero-order valence-corrected chi connectivity index (χ0v) is 10.4. The van der Waals surface area contributed by atoms with E-state index in [1.54, 1.807) is 20.8 Å². The maximum Gasteiger partial charge on any atom is 0.286 e. The first-order valence-electron chi connectivity index (χ1n) is 5.17. The molecule has 0 aliphatic rings. The predicted octanol–water partition coefficient (Wildman–Crippen LogP) is 2.71. The monoisotopic (exact) mass is 269 g/mol. The third-order valence-electron chi connectivity index (χ3n) is 2.44. The highest BCUT2D eigenvalue weighted by Crippen LogP contribution is 2.41. The molecule has 0 atom stereocenters. The van der Waals surface area contributed by atoms with Gasteiger partial charge in [-0.1, -0.05) is 20.8 Å². The van der Waals surface area contributed by atoms with Crippen LogP contribution in [0.3, 0.4) is 0 Å². The summed E-state index contributed by atoms with van der Waals surface area (Å²) in [7, 11) is 0. The number of hydrogen-bond acceptors (Lipinski definition) is 6. The number of rotatable bonds is 3. The zero-order chi connectivity index (χ0) is 15.0. The van der Waals surface area contributed by atoms with E-state index < -0.39 is 37.2 Å². The lowest BCUT2D eigenvalue weighted by molar-refractivity contribution is -0.404. The van der Waals surface area contributed by atoms with E-state index >= 15 is 0 Å². The van der Waals surface area contributed by atoms with Crippen molar-refractivity contribution in [1.29, 1.82) is 0 Å². The van der Waals surface area contributed by atoms with Crippen molar-refractivity contribution in [1.82, 2.24) is 0 Å². The van der Waals surface area contributed by atoms with E-state index in [2.05, 4.69) is 0 Å². The number of hydrogen-bond donors (Lipinski definition) is 0. The smallest absolute Gasteiger partial charge is 0.258 e. The fourth-order valence-corrected chi connectivity index (χ4v) is 1.76. The molecular formula is C10H11N3O6. The van der Waals surface area contributed by atoms with E-state index in [-0.39, 0.29) is 5.56 Å². The highest BCUT2D eigenvalue weighted by atomic mass is 16.6. The van der Waals surface area contributed by atoms with Crippen molar-refractivity contribution in [2.75, 3.05) is 0 Å². The first-order chi connectivity index (χ1) is 8.55. The van der Waals surface area contributed by atoms with Gasteiger partial charge < -0.3 is 0 Å². The van der Waals surface area contributed by atoms with Crippen LogP contribution in [0.25, 0.3) is 0 Å². The molecule has 0 aromatic heterocycles. The van der Waals surface area contributed by atoms with Gasteiger partial charge in [-0.2, -0.15) is 0 Å². The van der Waals surface area contributed by atoms with Gasteiger partial charge >= 0.3 is 0 Å². The molecule has 0 saturated carbocycles. The third-order valence-corrected chi connectivity index (χ3v) is 2.44. The molecule has 0 amide bonds. The van der Waals surface area contributed by atoms with Gasteiger partial charge in [0.1, 0.15) is 5.56 Å². The Bertz CT molecular complexity index is 540. The van der Waals surface area contributed by atoms with Crippen LogP contribution in [0.4, 0.5) is 17.1 Å². The SMILES string of the molecule is CC(C)(C)c1c([N+](=O)[O-])cc([N+](=O)[O-])cc1[N+](=O)[O-]. The Hall–Kier alpha value is -2.58. The topological polar surface area (TPSA) is 129 Å². The second kappa shape index (κ2) is 4.59. The molecule has 1 rings (SSSR count). The van der Waals surface area contributed by atoms with Crippen molar-refractivity contribution >= 4 is 17.1 Å². The summed E-state index contributed by atoms with van der Waals surface area (Å²) in [5.74, 6) is 0. The highest BCUT2D eigenvalue weighted by molar-refractivity contribution is 5.63. The quantitative estimate of drug-likeness (QED) is 0.612. The van der Waals surface area contributed by atoms with Crippen molar-refractivity contribution in [2.24, 2.45) is 0 Å². The molecule has 0 heterocycles. The molecule has 0 unspecified atom stereocenters. The van der Waals surface area contributed by atoms with Crippen molar-refractivity contribution in [3.63, 3.8) is 0 Å². The molecule has 0 bridgehead atoms. The molecule has 9 heteroatoms. The summed E-state index contributed by atoms with van der Waals surface area (Å²) in [6.45, 7) is 4.69. The van der Waals surface area contributed by atoms with Gasteiger partial charge in [0.15, 0.2) is 0 Å². The van der Waals surface area contributed by atoms with E-state index in [0.29, 0.717) is 0 Å². The fourth-order valence-electron chi connectivity index (χ4n) is 1.76. The van der Waals surface area contributed by atoms with Gasteiger partial charge in [0.25, 0.3) is 17.1 Å². The van der Waals surface area contributed by atoms with Crippen molar-refractivity contribution < 1.29 is 14.8 Å². The minimum Gasteiger partial charge on any atom is -0.258 e. The molecule has 0 fully saturated rings. The van der Waals surface area contributed by atoms with Gasteiger partial charge in [0.05, 0.1) is 26.9 Å². The summed E-state index contributed by atoms with van der Waals surface area (Å²) in [5.41, 5.74) is -2.93. The zero-order valence-electron chi connectivity index (χ0n) is 10.4. The number of benzene rings is 1. The molecule has 102 valence electrons. The first kappa shape index (κ1) is 14.5. The lowest BCUT2D eigenvalue weighted by Gasteiger charge is -2.18. The Morgan fingerprint density at radius 1 is 0.842 bits per heavy atom. The Kier molecular flexibility index (Phi) is 3.50. The van der Waals surface area contributed by atoms with Crippen LogP contribution in [0.15, 0.2) is 12.1 Å². The second-order valence-electron chi connectivity index (χ2n) is 4.88. The van der Waals surface area contributed by atoms with Crippen molar-refractivity contribution in [3.05, 3.63) is 48.0 Å². The van der Waals surface area contributed by atoms with Crippen molar-refractivity contribution in [2.45, 2.75) is 26.2 Å². The van der Waals surface area contributed by atoms with E-state index in [1.165, 1.54) is 0 Å². The first-order valence-corrected chi connectivity index (χ1v) is 5.17. The molecule has 9 nitrogen and oxygen atoms in total. The van der Waals surface area contributed by atoms with Crippen molar-refractivity contribution in [3.8, 4) is 0 Å². The summed E-state index contributed by atoms with van der Waals surface area (Å²) >= 11 is 0. The molecule has 0 aliphatic heterocycles. The number of nitro groups is 3. The molecule has 0 spiro atoms. The number of non-ortho nitro benzene ring substituents is 1. The molecular weight excluding hydrogens is 258 g/mol. The molecule has 0 saturated heterocycles. The lowest BCUT2D eigenvalue weighted by Crippen LogP contribution is -2.16. The second-order valence-corrected chi connectivity index (χ2v) is 4.88. The fraction of sp³-hybridized carbons (Fsp3) is 0.400. The largest absolute Gasteiger partial charge is 0.286 e. The third kappa shape index (κ3) is 2.81. The Labute approximate surface area is 107 Å². The lowest BCUT2D eigenvalue weighted by atomic mass is 9.84. The van der Waals surface area contributed by atoms with Crippen LogP contribution in [0, 0.1) is 30.3 Å². The number of nitro benzene ring substituents is 3. The maximum absolute atomic E-state index is 11.0. The summed E-state index contributed by atoms with van der Waals surface area (Å²) in [6, 6.07) is 1.49. The normalized spacial score (nSPS) is 11.1. The summed E-state index contributed by atoms with van der Waals surface area (Å²) in [6.07, 6.45) is 0. The van der Waals surface area contributed by atoms with Crippen LogP contribution < -0.4 is 0 Å². The molecule has 0 radical (unpaired) electrons. The van der Waals surface area contributed by atoms with E-state index in [1.807, 2.05) is 0 Å². The van der Waals surface area contributed by atoms with Crippen LogP contribution in [0.2, 0.25) is 0 Å². The maximum atomic E-state index is 11.0. The van der Waals surface area contributed by atoms with Gasteiger partial charge in [0.2, 0.25) is 0 Å². The minimum atomic E-state index is -0.896. The van der Waals surface area contributed by atoms with Crippen LogP contribution in [0.1, 0.15) is 26.3 Å². The van der Waals surface area contributed by atoms with Gasteiger partial charge in [-0.25, -0.2) is 0 Å². The molecule has 1 aromatic rings. The van der Waals surface area contributed by atoms with E-state index in [9.17, 15) is 30.3 Å². The molecule has 19 heavy (non-hydrogen) atoms. The summed E-state index contributed by atoms with van der Waals surface area (Å²) in [5, 5.41) is 32.6. The van der Waals surface area contributed by atoms with E-state index in [4.69, 9.17) is 0 Å². The molecule has 0 N–H and O–H groups in total. The van der Waals surface area contributed by atoms with Crippen LogP contribution in [-0.2, 0) is 5.41 Å². The predicted molar refractivity (Wildman–Crippen MR) is 65.1 cm³/mol. The minimum absolute atomic E-state index is 0.131. The van der Waals surface area contributed by atoms with Gasteiger partial charge in [-0.15, -0.1) is 0 Å². The molecule has 0 aliphatic carbocycles. The summed E-state index contributed by atoms with van der Waals surface area (Å²) in [4.78, 5) is 30.0. The molecule has 1 aromatic carbocycles. The standard InChI is InChI=1S/C10H11N3O6/c1-10(2,3)9-7(12(16)17)4-6(11(14)15)5-8(9)13(18)19/h4-5H,1-3H3.